The topological polar surface area (TPSA) is 72.7 Å². The van der Waals surface area contributed by atoms with Crippen molar-refractivity contribution in [2.75, 3.05) is 11.9 Å². The molecule has 3 rings (SSSR count). The molecule has 0 bridgehead atoms. The lowest BCUT2D eigenvalue weighted by molar-refractivity contribution is -0.142. The number of nitrogens with one attached hydrogen (secondary N) is 1. The van der Waals surface area contributed by atoms with Gasteiger partial charge < -0.3 is 10.1 Å². The maximum atomic E-state index is 12.6. The maximum absolute atomic E-state index is 12.6. The van der Waals surface area contributed by atoms with Crippen molar-refractivity contribution >= 4 is 39.3 Å². The van der Waals surface area contributed by atoms with Crippen molar-refractivity contribution in [3.8, 4) is 0 Å². The van der Waals surface area contributed by atoms with Crippen LogP contribution in [-0.4, -0.2) is 27.9 Å². The molecule has 2 heterocycles. The summed E-state index contributed by atoms with van der Waals surface area (Å²) in [5, 5.41) is 2.92. The number of carbonyl (C=O) groups is 2. The number of hydrogen-bond acceptors (Lipinski definition) is 4. The highest BCUT2D eigenvalue weighted by Gasteiger charge is 2.18. The number of carbonyl (C=O) groups excluding carboxylic acids is 2. The van der Waals surface area contributed by atoms with E-state index in [1.54, 1.807) is 11.3 Å². The van der Waals surface area contributed by atoms with Gasteiger partial charge in [-0.25, -0.2) is 4.98 Å². The summed E-state index contributed by atoms with van der Waals surface area (Å²) in [6.45, 7) is 4.09. The number of rotatable bonds is 7. The number of halogens is 1. The molecule has 0 saturated heterocycles. The molecule has 0 atom stereocenters. The van der Waals surface area contributed by atoms with E-state index in [9.17, 15) is 9.59 Å². The number of aromatic nitrogens is 2. The highest BCUT2D eigenvalue weighted by molar-refractivity contribution is 9.10. The average molecular weight is 444 g/mol. The molecule has 0 fully saturated rings. The van der Waals surface area contributed by atoms with Crippen LogP contribution in [0.15, 0.2) is 47.1 Å². The van der Waals surface area contributed by atoms with E-state index >= 15 is 0 Å². The Morgan fingerprint density at radius 1 is 1.18 bits per heavy atom. The first-order chi connectivity index (χ1) is 13.5. The van der Waals surface area contributed by atoms with Gasteiger partial charge in [-0.05, 0) is 53.9 Å². The van der Waals surface area contributed by atoms with Gasteiger partial charge in [0.2, 0.25) is 5.91 Å². The van der Waals surface area contributed by atoms with Crippen LogP contribution in [0, 0.1) is 6.92 Å². The van der Waals surface area contributed by atoms with Gasteiger partial charge >= 0.3 is 5.97 Å². The van der Waals surface area contributed by atoms with Crippen molar-refractivity contribution in [1.29, 1.82) is 0 Å². The molecule has 0 spiro atoms. The summed E-state index contributed by atoms with van der Waals surface area (Å²) >= 11 is 3.43. The zero-order chi connectivity index (χ0) is 20.1. The van der Waals surface area contributed by atoms with Crippen LogP contribution >= 0.6 is 15.9 Å². The van der Waals surface area contributed by atoms with E-state index in [0.29, 0.717) is 36.6 Å². The Bertz CT molecular complexity index is 996. The summed E-state index contributed by atoms with van der Waals surface area (Å²) in [6, 6.07) is 11.8. The third-order valence-corrected chi connectivity index (χ3v) is 4.76. The number of nitrogens with zero attached hydrogens (tertiary/aromatic N) is 2. The van der Waals surface area contributed by atoms with Gasteiger partial charge in [-0.3, -0.25) is 14.0 Å². The second-order valence-electron chi connectivity index (χ2n) is 6.50. The number of fused-ring (bicyclic) bond motifs is 1. The van der Waals surface area contributed by atoms with Crippen molar-refractivity contribution in [3.05, 3.63) is 63.9 Å². The number of amides is 1. The minimum atomic E-state index is -0.375. The first-order valence-electron chi connectivity index (χ1n) is 9.13. The molecule has 0 aliphatic carbocycles. The summed E-state index contributed by atoms with van der Waals surface area (Å²) < 4.78 is 7.64. The highest BCUT2D eigenvalue weighted by atomic mass is 79.9. The normalized spacial score (nSPS) is 10.8. The average Bonchev–Trinajstić information content (AvgIpc) is 2.98. The molecule has 3 aromatic rings. The molecular weight excluding hydrogens is 422 g/mol. The Hall–Kier alpha value is -2.67. The standard InChI is InChI=1S/C21H22BrN3O3/c1-3-28-20(27)12-17-21(25-13-16(22)9-10-18(25)23-17)24-19(26)11-8-15-6-4-14(2)5-7-15/h4-7,9-10,13H,3,8,11-12H2,1-2H3,(H,24,26). The van der Waals surface area contributed by atoms with E-state index in [1.165, 1.54) is 5.56 Å². The monoisotopic (exact) mass is 443 g/mol. The largest absolute Gasteiger partial charge is 0.466 e. The molecule has 0 aliphatic rings. The second-order valence-corrected chi connectivity index (χ2v) is 7.41. The Morgan fingerprint density at radius 2 is 1.93 bits per heavy atom. The van der Waals surface area contributed by atoms with E-state index in [1.807, 2.05) is 49.5 Å². The molecule has 1 aromatic carbocycles. The third kappa shape index (κ3) is 4.98. The number of imidazole rings is 1. The van der Waals surface area contributed by atoms with Crippen LogP contribution in [0.3, 0.4) is 0 Å². The van der Waals surface area contributed by atoms with Crippen molar-refractivity contribution in [1.82, 2.24) is 9.38 Å². The molecule has 7 heteroatoms. The summed E-state index contributed by atoms with van der Waals surface area (Å²) in [5.41, 5.74) is 3.43. The Labute approximate surface area is 172 Å². The van der Waals surface area contributed by atoms with Crippen LogP contribution in [0.5, 0.6) is 0 Å². The lowest BCUT2D eigenvalue weighted by atomic mass is 10.1. The number of aryl methyl sites for hydroxylation is 2. The SMILES string of the molecule is CCOC(=O)Cc1nc2ccc(Br)cn2c1NC(=O)CCc1ccc(C)cc1. The number of hydrogen-bond donors (Lipinski definition) is 1. The third-order valence-electron chi connectivity index (χ3n) is 4.29. The minimum Gasteiger partial charge on any atom is -0.466 e. The molecule has 1 amide bonds. The molecule has 2 aromatic heterocycles. The summed E-state index contributed by atoms with van der Waals surface area (Å²) in [5.74, 6) is -0.00848. The van der Waals surface area contributed by atoms with E-state index in [0.717, 1.165) is 10.0 Å². The highest BCUT2D eigenvalue weighted by Crippen LogP contribution is 2.22. The Morgan fingerprint density at radius 3 is 2.64 bits per heavy atom. The van der Waals surface area contributed by atoms with Gasteiger partial charge in [0.1, 0.15) is 11.5 Å². The number of anilines is 1. The fraction of sp³-hybridized carbons (Fsp3) is 0.286. The van der Waals surface area contributed by atoms with Crippen LogP contribution < -0.4 is 5.32 Å². The second kappa shape index (κ2) is 9.01. The van der Waals surface area contributed by atoms with Crippen LogP contribution in [-0.2, 0) is 27.2 Å². The van der Waals surface area contributed by atoms with Gasteiger partial charge in [-0.2, -0.15) is 0 Å². The molecule has 0 saturated carbocycles. The summed E-state index contributed by atoms with van der Waals surface area (Å²) in [6.07, 6.45) is 2.79. The predicted molar refractivity (Wildman–Crippen MR) is 111 cm³/mol. The van der Waals surface area contributed by atoms with E-state index in [-0.39, 0.29) is 18.3 Å². The van der Waals surface area contributed by atoms with Crippen molar-refractivity contribution in [2.45, 2.75) is 33.1 Å². The van der Waals surface area contributed by atoms with Gasteiger partial charge in [-0.15, -0.1) is 0 Å². The molecule has 0 aliphatic heterocycles. The number of esters is 1. The Balaban J connectivity index is 1.79. The predicted octanol–water partition coefficient (Wildman–Crippen LogP) is 4.08. The van der Waals surface area contributed by atoms with Gasteiger partial charge in [0.25, 0.3) is 0 Å². The molecule has 146 valence electrons. The number of pyridine rings is 1. The van der Waals surface area contributed by atoms with Gasteiger partial charge in [0, 0.05) is 17.1 Å². The number of ether oxygens (including phenoxy) is 1. The van der Waals surface area contributed by atoms with Crippen molar-refractivity contribution in [3.63, 3.8) is 0 Å². The summed E-state index contributed by atoms with van der Waals surface area (Å²) in [7, 11) is 0. The number of benzene rings is 1. The van der Waals surface area contributed by atoms with Crippen LogP contribution in [0.2, 0.25) is 0 Å². The van der Waals surface area contributed by atoms with E-state index in [2.05, 4.69) is 26.2 Å². The van der Waals surface area contributed by atoms with Crippen LogP contribution in [0.25, 0.3) is 5.65 Å². The van der Waals surface area contributed by atoms with Gasteiger partial charge in [0.15, 0.2) is 0 Å². The zero-order valence-corrected chi connectivity index (χ0v) is 17.5. The van der Waals surface area contributed by atoms with E-state index < -0.39 is 0 Å². The van der Waals surface area contributed by atoms with Crippen molar-refractivity contribution in [2.24, 2.45) is 0 Å². The fourth-order valence-corrected chi connectivity index (χ4v) is 3.22. The molecule has 0 radical (unpaired) electrons. The quantitative estimate of drug-likeness (QED) is 0.558. The first-order valence-corrected chi connectivity index (χ1v) is 9.93. The lowest BCUT2D eigenvalue weighted by Gasteiger charge is -2.08. The minimum absolute atomic E-state index is 0.000709. The molecule has 1 N–H and O–H groups in total. The first kappa shape index (κ1) is 20.1. The zero-order valence-electron chi connectivity index (χ0n) is 15.9. The molecular formula is C21H22BrN3O3. The lowest BCUT2D eigenvalue weighted by Crippen LogP contribution is -2.16. The molecule has 6 nitrogen and oxygen atoms in total. The molecule has 0 unspecified atom stereocenters. The maximum Gasteiger partial charge on any atom is 0.312 e. The van der Waals surface area contributed by atoms with E-state index in [4.69, 9.17) is 4.74 Å². The fourth-order valence-electron chi connectivity index (χ4n) is 2.88. The molecule has 28 heavy (non-hydrogen) atoms. The van der Waals surface area contributed by atoms with Gasteiger partial charge in [0.05, 0.1) is 18.7 Å². The van der Waals surface area contributed by atoms with Gasteiger partial charge in [-0.1, -0.05) is 29.8 Å². The van der Waals surface area contributed by atoms with Crippen molar-refractivity contribution < 1.29 is 14.3 Å². The van der Waals surface area contributed by atoms with Crippen LogP contribution in [0.1, 0.15) is 30.2 Å². The van der Waals surface area contributed by atoms with Crippen LogP contribution in [0.4, 0.5) is 5.82 Å². The summed E-state index contributed by atoms with van der Waals surface area (Å²) in [4.78, 5) is 29.0. The Kier molecular flexibility index (Phi) is 6.46. The smallest absolute Gasteiger partial charge is 0.312 e.